The van der Waals surface area contributed by atoms with Crippen molar-refractivity contribution in [3.63, 3.8) is 0 Å². The first-order chi connectivity index (χ1) is 11.5. The molecule has 136 valence electrons. The first kappa shape index (κ1) is 22.0. The van der Waals surface area contributed by atoms with E-state index in [0.717, 1.165) is 0 Å². The Labute approximate surface area is 146 Å². The third-order valence-corrected chi connectivity index (χ3v) is 3.63. The van der Waals surface area contributed by atoms with Crippen molar-refractivity contribution in [3.8, 4) is 0 Å². The van der Waals surface area contributed by atoms with E-state index in [9.17, 15) is 29.4 Å². The fourth-order valence-electron chi connectivity index (χ4n) is 2.00. The second-order valence-corrected chi connectivity index (χ2v) is 5.29. The highest BCUT2D eigenvalue weighted by molar-refractivity contribution is 6.06. The Hall–Kier alpha value is -2.96. The predicted octanol–water partition coefficient (Wildman–Crippen LogP) is 2.50. The molecule has 0 saturated carbocycles. The molecule has 0 aliphatic heterocycles. The van der Waals surface area contributed by atoms with Crippen LogP contribution in [0.3, 0.4) is 0 Å². The topological polar surface area (TPSA) is 118 Å². The fraction of sp³-hybridized carbons (Fsp3) is 0.333. The van der Waals surface area contributed by atoms with Crippen molar-refractivity contribution < 1.29 is 34.1 Å². The maximum Gasteiger partial charge on any atom is 0.342 e. The Morgan fingerprint density at radius 2 is 1.04 bits per heavy atom. The van der Waals surface area contributed by atoms with Crippen molar-refractivity contribution in [1.82, 2.24) is 0 Å². The van der Waals surface area contributed by atoms with Gasteiger partial charge in [-0.05, 0) is 12.8 Å². The highest BCUT2D eigenvalue weighted by atomic mass is 16.6. The Balaban J connectivity index is 5.31. The summed E-state index contributed by atoms with van der Waals surface area (Å²) in [5.41, 5.74) is -0.546. The van der Waals surface area contributed by atoms with Crippen molar-refractivity contribution in [1.29, 1.82) is 0 Å². The number of carboxylic acids is 2. The Morgan fingerprint density at radius 3 is 1.24 bits per heavy atom. The van der Waals surface area contributed by atoms with Crippen LogP contribution in [0, 0.1) is 11.8 Å². The number of aliphatic carboxylic acids is 2. The van der Waals surface area contributed by atoms with Crippen molar-refractivity contribution in [2.45, 2.75) is 26.7 Å². The Kier molecular flexibility index (Phi) is 8.25. The van der Waals surface area contributed by atoms with Gasteiger partial charge in [0.1, 0.15) is 11.8 Å². The molecule has 0 heterocycles. The molecule has 2 N–H and O–H groups in total. The van der Waals surface area contributed by atoms with Crippen LogP contribution < -0.4 is 0 Å². The van der Waals surface area contributed by atoms with Crippen LogP contribution in [0.2, 0.25) is 0 Å². The summed E-state index contributed by atoms with van der Waals surface area (Å²) in [6.45, 7) is 17.1. The summed E-state index contributed by atoms with van der Waals surface area (Å²) >= 11 is 0. The van der Waals surface area contributed by atoms with Gasteiger partial charge in [0.15, 0.2) is 0 Å². The average Bonchev–Trinajstić information content (AvgIpc) is 2.53. The van der Waals surface area contributed by atoms with Gasteiger partial charge in [-0.2, -0.15) is 0 Å². The number of rotatable bonds is 10. The maximum atomic E-state index is 12.0. The van der Waals surface area contributed by atoms with Crippen LogP contribution >= 0.6 is 0 Å². The molecule has 0 aromatic heterocycles. The molecule has 0 aromatic carbocycles. The molecule has 0 saturated heterocycles. The second kappa shape index (κ2) is 9.36. The van der Waals surface area contributed by atoms with E-state index in [0.29, 0.717) is 0 Å². The molecule has 0 aliphatic carbocycles. The number of carbonyl (C=O) groups excluding carboxylic acids is 2. The van der Waals surface area contributed by atoms with Gasteiger partial charge < -0.3 is 14.9 Å². The average molecular weight is 350 g/mol. The maximum absolute atomic E-state index is 12.0. The van der Waals surface area contributed by atoms with Crippen LogP contribution in [0.4, 0.5) is 0 Å². The number of carboxylic acid groups (broad SMARTS) is 2. The molecular weight excluding hydrogens is 328 g/mol. The van der Waals surface area contributed by atoms with E-state index in [1.54, 1.807) is 13.8 Å². The van der Waals surface area contributed by atoms with E-state index >= 15 is 0 Å². The number of esters is 2. The van der Waals surface area contributed by atoms with Gasteiger partial charge in [0.2, 0.25) is 0 Å². The van der Waals surface area contributed by atoms with Gasteiger partial charge in [-0.25, -0.2) is 9.59 Å². The second-order valence-electron chi connectivity index (χ2n) is 5.29. The molecule has 7 heteroatoms. The molecule has 7 nitrogen and oxygen atoms in total. The van der Waals surface area contributed by atoms with Crippen molar-refractivity contribution in [2.24, 2.45) is 11.8 Å². The molecule has 0 spiro atoms. The molecule has 0 amide bonds. The van der Waals surface area contributed by atoms with Gasteiger partial charge in [-0.3, -0.25) is 9.59 Å². The summed E-state index contributed by atoms with van der Waals surface area (Å²) in [4.78, 5) is 46.5. The lowest BCUT2D eigenvalue weighted by molar-refractivity contribution is -0.157. The molecule has 0 aromatic rings. The molecule has 2 unspecified atom stereocenters. The molecule has 0 bridgehead atoms. The lowest BCUT2D eigenvalue weighted by Gasteiger charge is -2.18. The molecule has 2 atom stereocenters. The minimum absolute atomic E-state index is 0.212. The molecule has 0 fully saturated rings. The van der Waals surface area contributed by atoms with E-state index in [2.05, 4.69) is 31.1 Å². The predicted molar refractivity (Wildman–Crippen MR) is 90.5 cm³/mol. The van der Waals surface area contributed by atoms with E-state index in [-0.39, 0.29) is 24.0 Å². The summed E-state index contributed by atoms with van der Waals surface area (Å²) < 4.78 is 4.54. The van der Waals surface area contributed by atoms with Crippen molar-refractivity contribution in [2.75, 3.05) is 0 Å². The lowest BCUT2D eigenvalue weighted by atomic mass is 9.90. The summed E-state index contributed by atoms with van der Waals surface area (Å²) in [7, 11) is 0. The zero-order valence-corrected chi connectivity index (χ0v) is 14.3. The SMILES string of the molecule is C=C(CC)C(C(=C)C(=O)OC(=O)C(=C)C(C(=C)CC)C(=O)O)C(=O)O. The number of hydrogen-bond donors (Lipinski definition) is 2. The van der Waals surface area contributed by atoms with Crippen LogP contribution in [0.1, 0.15) is 26.7 Å². The zero-order chi connectivity index (χ0) is 19.9. The normalized spacial score (nSPS) is 12.4. The minimum atomic E-state index is -1.40. The quantitative estimate of drug-likeness (QED) is 0.269. The molecule has 0 rings (SSSR count). The van der Waals surface area contributed by atoms with Gasteiger partial charge in [0, 0.05) is 11.1 Å². The Morgan fingerprint density at radius 1 is 0.760 bits per heavy atom. The highest BCUT2D eigenvalue weighted by Crippen LogP contribution is 2.25. The van der Waals surface area contributed by atoms with Crippen LogP contribution in [-0.2, 0) is 23.9 Å². The molecule has 0 radical (unpaired) electrons. The number of hydrogen-bond acceptors (Lipinski definition) is 5. The fourth-order valence-corrected chi connectivity index (χ4v) is 2.00. The minimum Gasteiger partial charge on any atom is -0.481 e. The lowest BCUT2D eigenvalue weighted by Crippen LogP contribution is -2.28. The standard InChI is InChI=1S/C18H22O7/c1-7-9(3)13(15(19)20)11(5)17(23)25-18(24)12(6)14(16(21)22)10(4)8-2/h13-14H,3-8H2,1-2H3,(H,19,20)(H,21,22). The summed E-state index contributed by atoms with van der Waals surface area (Å²) in [6, 6.07) is 0. The van der Waals surface area contributed by atoms with Gasteiger partial charge in [0.05, 0.1) is 0 Å². The van der Waals surface area contributed by atoms with Crippen LogP contribution in [0.25, 0.3) is 0 Å². The zero-order valence-electron chi connectivity index (χ0n) is 14.3. The van der Waals surface area contributed by atoms with Crippen LogP contribution in [0.15, 0.2) is 48.6 Å². The van der Waals surface area contributed by atoms with Gasteiger partial charge in [-0.15, -0.1) is 0 Å². The van der Waals surface area contributed by atoms with Crippen LogP contribution in [-0.4, -0.2) is 34.1 Å². The Bertz CT molecular complexity index is 598. The number of ether oxygens (including phenoxy) is 1. The van der Waals surface area contributed by atoms with Crippen LogP contribution in [0.5, 0.6) is 0 Å². The monoisotopic (exact) mass is 350 g/mol. The van der Waals surface area contributed by atoms with E-state index in [1.807, 2.05) is 0 Å². The highest BCUT2D eigenvalue weighted by Gasteiger charge is 2.33. The van der Waals surface area contributed by atoms with Crippen molar-refractivity contribution in [3.05, 3.63) is 48.6 Å². The van der Waals surface area contributed by atoms with E-state index < -0.39 is 46.9 Å². The van der Waals surface area contributed by atoms with Crippen molar-refractivity contribution >= 4 is 23.9 Å². The van der Waals surface area contributed by atoms with Gasteiger partial charge in [-0.1, -0.05) is 51.3 Å². The molecule has 0 aliphatic rings. The smallest absolute Gasteiger partial charge is 0.342 e. The third-order valence-electron chi connectivity index (χ3n) is 3.63. The first-order valence-electron chi connectivity index (χ1n) is 7.44. The summed E-state index contributed by atoms with van der Waals surface area (Å²) in [5.74, 6) is -8.08. The molecule has 25 heavy (non-hydrogen) atoms. The summed E-state index contributed by atoms with van der Waals surface area (Å²) in [5, 5.41) is 18.4. The molecular formula is C18H22O7. The largest absolute Gasteiger partial charge is 0.481 e. The third kappa shape index (κ3) is 5.56. The number of carbonyl (C=O) groups is 4. The van der Waals surface area contributed by atoms with E-state index in [4.69, 9.17) is 0 Å². The summed E-state index contributed by atoms with van der Waals surface area (Å²) in [6.07, 6.45) is 0.558. The first-order valence-corrected chi connectivity index (χ1v) is 7.44. The van der Waals surface area contributed by atoms with E-state index in [1.165, 1.54) is 0 Å². The van der Waals surface area contributed by atoms with Gasteiger partial charge in [0.25, 0.3) is 0 Å². The van der Waals surface area contributed by atoms with Gasteiger partial charge >= 0.3 is 23.9 Å².